The normalized spacial score (nSPS) is 13.0. The smallest absolute Gasteiger partial charge is 0.259 e. The van der Waals surface area contributed by atoms with Gasteiger partial charge in [0.05, 0.1) is 11.1 Å². The fourth-order valence-corrected chi connectivity index (χ4v) is 1.70. The van der Waals surface area contributed by atoms with Crippen LogP contribution in [0.1, 0.15) is 10.4 Å². The van der Waals surface area contributed by atoms with E-state index in [1.54, 1.807) is 12.1 Å². The predicted molar refractivity (Wildman–Crippen MR) is 56.1 cm³/mol. The number of hydrogen-bond acceptors (Lipinski definition) is 4. The number of carbonyl (C=O) groups excluding carboxylic acids is 1. The zero-order chi connectivity index (χ0) is 11.1. The van der Waals surface area contributed by atoms with Crippen molar-refractivity contribution in [3.8, 4) is 11.5 Å². The molecule has 0 fully saturated rings. The van der Waals surface area contributed by atoms with Crippen LogP contribution < -0.4 is 15.0 Å². The summed E-state index contributed by atoms with van der Waals surface area (Å²) in [5.74, 6) is 1.22. The molecule has 1 aliphatic heterocycles. The van der Waals surface area contributed by atoms with E-state index in [1.165, 1.54) is 6.07 Å². The quantitative estimate of drug-likeness (QED) is 0.725. The van der Waals surface area contributed by atoms with Crippen LogP contribution in [0.15, 0.2) is 23.0 Å². The average Bonchev–Trinajstić information content (AvgIpc) is 2.72. The molecule has 1 aromatic heterocycles. The topological polar surface area (TPSA) is 68.4 Å². The van der Waals surface area contributed by atoms with Gasteiger partial charge >= 0.3 is 0 Å². The number of aromatic amines is 1. The van der Waals surface area contributed by atoms with Gasteiger partial charge in [-0.1, -0.05) is 0 Å². The first-order chi connectivity index (χ1) is 7.78. The van der Waals surface area contributed by atoms with Crippen molar-refractivity contribution in [3.05, 3.63) is 34.1 Å². The van der Waals surface area contributed by atoms with E-state index >= 15 is 0 Å². The Kier molecular flexibility index (Phi) is 1.73. The number of aldehydes is 1. The van der Waals surface area contributed by atoms with E-state index in [0.717, 1.165) is 5.39 Å². The molecule has 1 aromatic carbocycles. The number of nitrogens with one attached hydrogen (secondary N) is 1. The minimum atomic E-state index is -0.402. The van der Waals surface area contributed by atoms with Crippen LogP contribution in [0.4, 0.5) is 0 Å². The molecule has 5 nitrogen and oxygen atoms in total. The van der Waals surface area contributed by atoms with Crippen LogP contribution in [0, 0.1) is 0 Å². The number of ether oxygens (including phenoxy) is 2. The summed E-state index contributed by atoms with van der Waals surface area (Å²) >= 11 is 0. The molecule has 0 bridgehead atoms. The molecule has 2 heterocycles. The molecule has 3 rings (SSSR count). The van der Waals surface area contributed by atoms with Crippen LogP contribution in [-0.2, 0) is 0 Å². The molecule has 0 radical (unpaired) electrons. The number of fused-ring (bicyclic) bond motifs is 2. The second-order valence-electron chi connectivity index (χ2n) is 3.46. The molecule has 1 aliphatic rings. The summed E-state index contributed by atoms with van der Waals surface area (Å²) in [6.45, 7) is 0.177. The van der Waals surface area contributed by atoms with Crippen LogP contribution in [0.5, 0.6) is 11.5 Å². The van der Waals surface area contributed by atoms with Crippen molar-refractivity contribution in [2.75, 3.05) is 6.79 Å². The van der Waals surface area contributed by atoms with Crippen LogP contribution >= 0.6 is 0 Å². The Morgan fingerprint density at radius 2 is 1.94 bits per heavy atom. The highest BCUT2D eigenvalue weighted by Gasteiger charge is 2.15. The van der Waals surface area contributed by atoms with Gasteiger partial charge in [0.25, 0.3) is 5.56 Å². The van der Waals surface area contributed by atoms with Gasteiger partial charge in [0.2, 0.25) is 6.79 Å². The number of rotatable bonds is 1. The summed E-state index contributed by atoms with van der Waals surface area (Å²) in [5, 5.41) is 0.742. The largest absolute Gasteiger partial charge is 0.454 e. The van der Waals surface area contributed by atoms with Crippen molar-refractivity contribution in [1.29, 1.82) is 0 Å². The van der Waals surface area contributed by atoms with Gasteiger partial charge in [0.15, 0.2) is 17.8 Å². The van der Waals surface area contributed by atoms with Crippen LogP contribution in [-0.4, -0.2) is 18.1 Å². The maximum atomic E-state index is 11.4. The molecule has 0 amide bonds. The molecule has 0 aliphatic carbocycles. The third-order valence-electron chi connectivity index (χ3n) is 2.49. The summed E-state index contributed by atoms with van der Waals surface area (Å²) in [5.41, 5.74) is 0.326. The van der Waals surface area contributed by atoms with Crippen molar-refractivity contribution in [2.24, 2.45) is 0 Å². The predicted octanol–water partition coefficient (Wildman–Crippen LogP) is 1.07. The second kappa shape index (κ2) is 3.10. The number of carbonyl (C=O) groups is 1. The molecule has 1 N–H and O–H groups in total. The lowest BCUT2D eigenvalue weighted by atomic mass is 10.1. The first kappa shape index (κ1) is 8.96. The molecule has 80 valence electrons. The fourth-order valence-electron chi connectivity index (χ4n) is 1.70. The SMILES string of the molecule is O=Cc1cc2cc3c(cc2[nH]c1=O)OCO3. The minimum Gasteiger partial charge on any atom is -0.454 e. The van der Waals surface area contributed by atoms with E-state index in [-0.39, 0.29) is 12.4 Å². The lowest BCUT2D eigenvalue weighted by Crippen LogP contribution is -2.11. The lowest BCUT2D eigenvalue weighted by molar-refractivity contribution is 0.112. The van der Waals surface area contributed by atoms with Gasteiger partial charge in [-0.15, -0.1) is 0 Å². The molecule has 2 aromatic rings. The molecule has 0 unspecified atom stereocenters. The Hall–Kier alpha value is -2.30. The monoisotopic (exact) mass is 217 g/mol. The van der Waals surface area contributed by atoms with Crippen molar-refractivity contribution in [1.82, 2.24) is 4.98 Å². The number of H-pyrrole nitrogens is 1. The fraction of sp³-hybridized carbons (Fsp3) is 0.0909. The summed E-state index contributed by atoms with van der Waals surface area (Å²) in [7, 11) is 0. The Morgan fingerprint density at radius 1 is 1.19 bits per heavy atom. The lowest BCUT2D eigenvalue weighted by Gasteiger charge is -2.01. The van der Waals surface area contributed by atoms with E-state index in [2.05, 4.69) is 4.98 Å². The van der Waals surface area contributed by atoms with Crippen molar-refractivity contribution < 1.29 is 14.3 Å². The highest BCUT2D eigenvalue weighted by Crippen LogP contribution is 2.34. The van der Waals surface area contributed by atoms with E-state index in [1.807, 2.05) is 0 Å². The summed E-state index contributed by atoms with van der Waals surface area (Å²) < 4.78 is 10.4. The van der Waals surface area contributed by atoms with Gasteiger partial charge in [-0.05, 0) is 12.1 Å². The standard InChI is InChI=1S/C11H7NO4/c13-4-7-1-6-2-9-10(16-5-15-9)3-8(6)12-11(7)14/h1-4H,5H2,(H,12,14). The molecule has 0 saturated carbocycles. The Labute approximate surface area is 89.6 Å². The average molecular weight is 217 g/mol. The Balaban J connectivity index is 2.36. The third kappa shape index (κ3) is 1.18. The van der Waals surface area contributed by atoms with Gasteiger partial charge in [0.1, 0.15) is 0 Å². The summed E-state index contributed by atoms with van der Waals surface area (Å²) in [4.78, 5) is 24.7. The van der Waals surface area contributed by atoms with Gasteiger partial charge in [-0.2, -0.15) is 0 Å². The van der Waals surface area contributed by atoms with Gasteiger partial charge < -0.3 is 14.5 Å². The molecule has 0 spiro atoms. The highest BCUT2D eigenvalue weighted by atomic mass is 16.7. The van der Waals surface area contributed by atoms with Crippen molar-refractivity contribution in [3.63, 3.8) is 0 Å². The minimum absolute atomic E-state index is 0.103. The molecule has 0 atom stereocenters. The number of aromatic nitrogens is 1. The first-order valence-corrected chi connectivity index (χ1v) is 4.70. The van der Waals surface area contributed by atoms with Gasteiger partial charge in [-0.3, -0.25) is 9.59 Å². The zero-order valence-corrected chi connectivity index (χ0v) is 8.15. The summed E-state index contributed by atoms with van der Waals surface area (Å²) in [6.07, 6.45) is 0.531. The number of benzene rings is 1. The molecular formula is C11H7NO4. The molecular weight excluding hydrogens is 210 g/mol. The van der Waals surface area contributed by atoms with Gasteiger partial charge in [0, 0.05) is 11.5 Å². The Morgan fingerprint density at radius 3 is 2.69 bits per heavy atom. The molecule has 0 saturated heterocycles. The van der Waals surface area contributed by atoms with Gasteiger partial charge in [-0.25, -0.2) is 0 Å². The maximum Gasteiger partial charge on any atom is 0.259 e. The van der Waals surface area contributed by atoms with E-state index in [4.69, 9.17) is 9.47 Å². The third-order valence-corrected chi connectivity index (χ3v) is 2.49. The number of hydrogen-bond donors (Lipinski definition) is 1. The van der Waals surface area contributed by atoms with Crippen LogP contribution in [0.3, 0.4) is 0 Å². The molecule has 5 heteroatoms. The zero-order valence-electron chi connectivity index (χ0n) is 8.15. The summed E-state index contributed by atoms with van der Waals surface area (Å²) in [6, 6.07) is 4.96. The highest BCUT2D eigenvalue weighted by molar-refractivity contribution is 5.88. The molecule has 16 heavy (non-hydrogen) atoms. The van der Waals surface area contributed by atoms with Crippen LogP contribution in [0.25, 0.3) is 10.9 Å². The maximum absolute atomic E-state index is 11.4. The number of pyridine rings is 1. The van der Waals surface area contributed by atoms with E-state index < -0.39 is 5.56 Å². The van der Waals surface area contributed by atoms with E-state index in [9.17, 15) is 9.59 Å². The van der Waals surface area contributed by atoms with E-state index in [0.29, 0.717) is 23.3 Å². The Bertz CT molecular complexity index is 644. The second-order valence-corrected chi connectivity index (χ2v) is 3.46. The first-order valence-electron chi connectivity index (χ1n) is 4.70. The van der Waals surface area contributed by atoms with Crippen molar-refractivity contribution >= 4 is 17.2 Å². The van der Waals surface area contributed by atoms with Crippen molar-refractivity contribution in [2.45, 2.75) is 0 Å². The van der Waals surface area contributed by atoms with Crippen LogP contribution in [0.2, 0.25) is 0 Å².